The van der Waals surface area contributed by atoms with Crippen LogP contribution in [0.15, 0.2) is 36.4 Å². The Labute approximate surface area is 115 Å². The van der Waals surface area contributed by atoms with Gasteiger partial charge in [-0.1, -0.05) is 24.3 Å². The molecular formula is C16H12F2O2. The maximum absolute atomic E-state index is 13.9. The van der Waals surface area contributed by atoms with Gasteiger partial charge in [-0.2, -0.15) is 0 Å². The number of benzene rings is 2. The van der Waals surface area contributed by atoms with E-state index in [-0.39, 0.29) is 17.7 Å². The maximum Gasteiger partial charge on any atom is 0.176 e. The molecule has 0 amide bonds. The van der Waals surface area contributed by atoms with Gasteiger partial charge >= 0.3 is 0 Å². The quantitative estimate of drug-likeness (QED) is 0.782. The summed E-state index contributed by atoms with van der Waals surface area (Å²) in [6.07, 6.45) is 0. The summed E-state index contributed by atoms with van der Waals surface area (Å²) in [7, 11) is 0. The molecule has 0 aromatic heterocycles. The minimum Gasteiger partial charge on any atom is -0.492 e. The lowest BCUT2D eigenvalue weighted by Gasteiger charge is -2.10. The van der Waals surface area contributed by atoms with E-state index in [4.69, 9.17) is 4.74 Å². The number of aryl methyl sites for hydroxylation is 1. The Morgan fingerprint density at radius 1 is 1.15 bits per heavy atom. The van der Waals surface area contributed by atoms with E-state index in [0.717, 1.165) is 5.56 Å². The van der Waals surface area contributed by atoms with E-state index >= 15 is 0 Å². The number of ketones is 1. The third-order valence-corrected chi connectivity index (χ3v) is 3.56. The highest BCUT2D eigenvalue weighted by molar-refractivity contribution is 6.02. The first-order valence-corrected chi connectivity index (χ1v) is 6.30. The van der Waals surface area contributed by atoms with Gasteiger partial charge in [-0.05, 0) is 24.6 Å². The molecule has 0 aliphatic carbocycles. The number of para-hydroxylation sites is 1. The maximum atomic E-state index is 13.9. The van der Waals surface area contributed by atoms with E-state index in [0.29, 0.717) is 5.75 Å². The number of carbonyl (C=O) groups excluding carboxylic acids is 1. The molecular weight excluding hydrogens is 262 g/mol. The number of rotatable bonds is 2. The molecule has 4 heteroatoms. The molecule has 3 rings (SSSR count). The van der Waals surface area contributed by atoms with Gasteiger partial charge in [0.2, 0.25) is 0 Å². The molecule has 0 bridgehead atoms. The molecule has 2 aromatic rings. The molecule has 1 atom stereocenters. The summed E-state index contributed by atoms with van der Waals surface area (Å²) < 4.78 is 32.9. The second kappa shape index (κ2) is 4.71. The lowest BCUT2D eigenvalue weighted by molar-refractivity contribution is 0.0942. The van der Waals surface area contributed by atoms with Crippen molar-refractivity contribution in [1.82, 2.24) is 0 Å². The van der Waals surface area contributed by atoms with E-state index in [1.54, 1.807) is 24.3 Å². The number of Topliss-reactive ketones (excluding diaryl/α,β-unsaturated/α-hetero) is 1. The molecule has 2 aromatic carbocycles. The molecule has 1 aliphatic heterocycles. The van der Waals surface area contributed by atoms with Gasteiger partial charge in [0.15, 0.2) is 17.4 Å². The van der Waals surface area contributed by atoms with Crippen LogP contribution >= 0.6 is 0 Å². The first kappa shape index (κ1) is 12.8. The van der Waals surface area contributed by atoms with Crippen LogP contribution in [0.4, 0.5) is 8.78 Å². The fourth-order valence-corrected chi connectivity index (χ4v) is 2.40. The zero-order valence-electron chi connectivity index (χ0n) is 10.8. The van der Waals surface area contributed by atoms with Gasteiger partial charge in [-0.3, -0.25) is 4.79 Å². The largest absolute Gasteiger partial charge is 0.492 e. The number of hydrogen-bond acceptors (Lipinski definition) is 2. The average Bonchev–Trinajstić information content (AvgIpc) is 2.88. The summed E-state index contributed by atoms with van der Waals surface area (Å²) in [5.41, 5.74) is 0.679. The predicted molar refractivity (Wildman–Crippen MR) is 70.1 cm³/mol. The first-order valence-electron chi connectivity index (χ1n) is 6.30. The van der Waals surface area contributed by atoms with Crippen LogP contribution in [0.2, 0.25) is 0 Å². The Balaban J connectivity index is 2.01. The molecule has 0 radical (unpaired) electrons. The first-order chi connectivity index (χ1) is 9.59. The normalized spacial score (nSPS) is 16.6. The summed E-state index contributed by atoms with van der Waals surface area (Å²) in [6, 6.07) is 9.87. The molecule has 102 valence electrons. The molecule has 0 saturated heterocycles. The van der Waals surface area contributed by atoms with Crippen molar-refractivity contribution < 1.29 is 18.3 Å². The number of carbonyl (C=O) groups is 1. The molecule has 1 aliphatic rings. The Kier molecular flexibility index (Phi) is 3.01. The zero-order chi connectivity index (χ0) is 14.3. The van der Waals surface area contributed by atoms with E-state index in [9.17, 15) is 13.6 Å². The highest BCUT2D eigenvalue weighted by atomic mass is 19.2. The Bertz CT molecular complexity index is 695. The number of hydrogen-bond donors (Lipinski definition) is 0. The summed E-state index contributed by atoms with van der Waals surface area (Å²) >= 11 is 0. The number of halogens is 2. The van der Waals surface area contributed by atoms with E-state index in [2.05, 4.69) is 0 Å². The Hall–Kier alpha value is -2.23. The standard InChI is InChI=1S/C16H12F2O2/c1-9-6-7-11(15(18)14(9)17)16(19)12-8-20-13-5-3-2-4-10(12)13/h2-7,12H,8H2,1H3. The van der Waals surface area contributed by atoms with E-state index in [1.807, 2.05) is 0 Å². The molecule has 0 spiro atoms. The number of ether oxygens (including phenoxy) is 1. The van der Waals surface area contributed by atoms with Crippen molar-refractivity contribution in [3.05, 3.63) is 64.7 Å². The SMILES string of the molecule is Cc1ccc(C(=O)C2COc3ccccc32)c(F)c1F. The molecule has 20 heavy (non-hydrogen) atoms. The van der Waals surface area contributed by atoms with E-state index < -0.39 is 23.3 Å². The second-order valence-electron chi connectivity index (χ2n) is 4.82. The average molecular weight is 274 g/mol. The minimum absolute atomic E-state index is 0.160. The zero-order valence-corrected chi connectivity index (χ0v) is 10.8. The lowest BCUT2D eigenvalue weighted by Crippen LogP contribution is -2.16. The molecule has 2 nitrogen and oxygen atoms in total. The summed E-state index contributed by atoms with van der Waals surface area (Å²) in [6.45, 7) is 1.62. The fourth-order valence-electron chi connectivity index (χ4n) is 2.40. The number of fused-ring (bicyclic) bond motifs is 1. The summed E-state index contributed by atoms with van der Waals surface area (Å²) in [5.74, 6) is -2.46. The van der Waals surface area contributed by atoms with Crippen molar-refractivity contribution in [3.8, 4) is 5.75 Å². The minimum atomic E-state index is -1.08. The van der Waals surface area contributed by atoms with Gasteiger partial charge in [0.05, 0.1) is 11.5 Å². The summed E-state index contributed by atoms with van der Waals surface area (Å²) in [4.78, 5) is 12.4. The Morgan fingerprint density at radius 2 is 1.90 bits per heavy atom. The highest BCUT2D eigenvalue weighted by Crippen LogP contribution is 2.36. The molecule has 0 fully saturated rings. The lowest BCUT2D eigenvalue weighted by atomic mass is 9.91. The Morgan fingerprint density at radius 3 is 2.70 bits per heavy atom. The molecule has 0 saturated carbocycles. The van der Waals surface area contributed by atoms with Gasteiger partial charge in [0.25, 0.3) is 0 Å². The van der Waals surface area contributed by atoms with Crippen molar-refractivity contribution in [2.45, 2.75) is 12.8 Å². The van der Waals surface area contributed by atoms with Crippen molar-refractivity contribution in [3.63, 3.8) is 0 Å². The predicted octanol–water partition coefficient (Wildman–Crippen LogP) is 3.63. The van der Waals surface area contributed by atoms with Gasteiger partial charge in [0.1, 0.15) is 12.4 Å². The van der Waals surface area contributed by atoms with Crippen LogP contribution in [0.3, 0.4) is 0 Å². The highest BCUT2D eigenvalue weighted by Gasteiger charge is 2.32. The van der Waals surface area contributed by atoms with Crippen LogP contribution in [0.5, 0.6) is 5.75 Å². The molecule has 1 heterocycles. The van der Waals surface area contributed by atoms with Crippen LogP contribution < -0.4 is 4.74 Å². The fraction of sp³-hybridized carbons (Fsp3) is 0.188. The van der Waals surface area contributed by atoms with E-state index in [1.165, 1.54) is 19.1 Å². The third kappa shape index (κ3) is 1.88. The van der Waals surface area contributed by atoms with Crippen LogP contribution in [0.25, 0.3) is 0 Å². The van der Waals surface area contributed by atoms with Gasteiger partial charge in [-0.15, -0.1) is 0 Å². The third-order valence-electron chi connectivity index (χ3n) is 3.56. The summed E-state index contributed by atoms with van der Waals surface area (Å²) in [5, 5.41) is 0. The molecule has 1 unspecified atom stereocenters. The van der Waals surface area contributed by atoms with Crippen LogP contribution in [-0.4, -0.2) is 12.4 Å². The van der Waals surface area contributed by atoms with Gasteiger partial charge < -0.3 is 4.74 Å². The van der Waals surface area contributed by atoms with Crippen molar-refractivity contribution >= 4 is 5.78 Å². The van der Waals surface area contributed by atoms with Crippen LogP contribution in [-0.2, 0) is 0 Å². The van der Waals surface area contributed by atoms with Gasteiger partial charge in [0, 0.05) is 5.56 Å². The molecule has 0 N–H and O–H groups in total. The van der Waals surface area contributed by atoms with Crippen molar-refractivity contribution in [2.75, 3.05) is 6.61 Å². The monoisotopic (exact) mass is 274 g/mol. The van der Waals surface area contributed by atoms with Gasteiger partial charge in [-0.25, -0.2) is 8.78 Å². The second-order valence-corrected chi connectivity index (χ2v) is 4.82. The van der Waals surface area contributed by atoms with Crippen LogP contribution in [0, 0.1) is 18.6 Å². The van der Waals surface area contributed by atoms with Crippen LogP contribution in [0.1, 0.15) is 27.4 Å². The van der Waals surface area contributed by atoms with Crippen molar-refractivity contribution in [2.24, 2.45) is 0 Å². The topological polar surface area (TPSA) is 26.3 Å². The smallest absolute Gasteiger partial charge is 0.176 e. The van der Waals surface area contributed by atoms with Crippen molar-refractivity contribution in [1.29, 1.82) is 0 Å².